The minimum atomic E-state index is -3.71. The molecule has 0 radical (unpaired) electrons. The van der Waals surface area contributed by atoms with Gasteiger partial charge < -0.3 is 14.9 Å². The molecule has 3 atom stereocenters. The molecule has 8 heteroatoms. The van der Waals surface area contributed by atoms with Gasteiger partial charge in [-0.05, 0) is 19.9 Å². The molecule has 0 amide bonds. The molecule has 2 rings (SSSR count). The summed E-state index contributed by atoms with van der Waals surface area (Å²) in [6.07, 6.45) is -3.09. The van der Waals surface area contributed by atoms with Gasteiger partial charge in [0.2, 0.25) is 6.23 Å². The summed E-state index contributed by atoms with van der Waals surface area (Å²) < 4.78 is 33.6. The van der Waals surface area contributed by atoms with E-state index < -0.39 is 36.2 Å². The molecule has 1 aromatic rings. The highest BCUT2D eigenvalue weighted by Crippen LogP contribution is 2.47. The molecule has 2 N–H and O–H groups in total. The minimum Gasteiger partial charge on any atom is -0.393 e. The molecular formula is C11H14F2N2O4. The molecule has 0 bridgehead atoms. The Hall–Kier alpha value is -1.38. The van der Waals surface area contributed by atoms with Gasteiger partial charge in [0, 0.05) is 11.9 Å². The van der Waals surface area contributed by atoms with Gasteiger partial charge in [0.1, 0.15) is 5.60 Å². The molecule has 0 aromatic carbocycles. The van der Waals surface area contributed by atoms with E-state index in [1.807, 2.05) is 0 Å². The molecule has 1 aliphatic heterocycles. The van der Waals surface area contributed by atoms with E-state index in [1.165, 1.54) is 6.07 Å². The first kappa shape index (κ1) is 14.0. The van der Waals surface area contributed by atoms with E-state index in [0.29, 0.717) is 10.3 Å². The Morgan fingerprint density at radius 1 is 1.58 bits per heavy atom. The lowest BCUT2D eigenvalue weighted by molar-refractivity contribution is -0.143. The van der Waals surface area contributed by atoms with E-state index in [1.54, 1.807) is 6.92 Å². The summed E-state index contributed by atoms with van der Waals surface area (Å²) in [5.74, 6) is -3.71. The van der Waals surface area contributed by atoms with Crippen molar-refractivity contribution in [3.8, 4) is 0 Å². The van der Waals surface area contributed by atoms with Crippen LogP contribution in [0.25, 0.3) is 0 Å². The standard InChI is InChI=1S/C11H14F2N2O4/c1-6-3-4-15(9(18)14-6)8-11(12,13)7(17)10(2,5-16)19-8/h3-4,7-8,16-17H,5H2,1-2H3/t7-,8-,10-/m1/s1. The Kier molecular flexibility index (Phi) is 3.20. The van der Waals surface area contributed by atoms with Crippen LogP contribution in [0.15, 0.2) is 17.1 Å². The zero-order valence-corrected chi connectivity index (χ0v) is 10.4. The second-order valence-electron chi connectivity index (χ2n) is 4.78. The van der Waals surface area contributed by atoms with Crippen LogP contribution in [0, 0.1) is 6.92 Å². The first-order valence-electron chi connectivity index (χ1n) is 5.63. The van der Waals surface area contributed by atoms with Crippen molar-refractivity contribution in [2.24, 2.45) is 0 Å². The van der Waals surface area contributed by atoms with Gasteiger partial charge in [-0.1, -0.05) is 0 Å². The number of aliphatic hydroxyl groups is 2. The van der Waals surface area contributed by atoms with Crippen molar-refractivity contribution in [3.05, 3.63) is 28.4 Å². The number of halogens is 2. The lowest BCUT2D eigenvalue weighted by Gasteiger charge is -2.24. The Bertz CT molecular complexity index is 548. The van der Waals surface area contributed by atoms with Crippen molar-refractivity contribution in [2.45, 2.75) is 37.7 Å². The number of rotatable bonds is 2. The van der Waals surface area contributed by atoms with E-state index >= 15 is 0 Å². The summed E-state index contributed by atoms with van der Waals surface area (Å²) >= 11 is 0. The van der Waals surface area contributed by atoms with E-state index in [-0.39, 0.29) is 0 Å². The van der Waals surface area contributed by atoms with E-state index in [0.717, 1.165) is 13.1 Å². The molecule has 1 aliphatic rings. The van der Waals surface area contributed by atoms with Gasteiger partial charge in [-0.15, -0.1) is 0 Å². The third kappa shape index (κ3) is 2.05. The summed E-state index contributed by atoms with van der Waals surface area (Å²) in [5, 5.41) is 18.7. The van der Waals surface area contributed by atoms with Crippen LogP contribution in [0.2, 0.25) is 0 Å². The number of hydrogen-bond donors (Lipinski definition) is 2. The van der Waals surface area contributed by atoms with Crippen LogP contribution in [-0.2, 0) is 4.74 Å². The molecule has 0 unspecified atom stereocenters. The number of hydrogen-bond acceptors (Lipinski definition) is 5. The maximum Gasteiger partial charge on any atom is 0.350 e. The third-order valence-corrected chi connectivity index (χ3v) is 3.19. The summed E-state index contributed by atoms with van der Waals surface area (Å²) in [5.41, 5.74) is -2.36. The van der Waals surface area contributed by atoms with Gasteiger partial charge >= 0.3 is 11.6 Å². The maximum atomic E-state index is 14.0. The molecular weight excluding hydrogens is 262 g/mol. The molecule has 2 heterocycles. The molecule has 1 saturated heterocycles. The second kappa shape index (κ2) is 4.32. The average Bonchev–Trinajstić information content (AvgIpc) is 2.51. The fourth-order valence-electron chi connectivity index (χ4n) is 1.98. The third-order valence-electron chi connectivity index (χ3n) is 3.19. The first-order valence-corrected chi connectivity index (χ1v) is 5.63. The van der Waals surface area contributed by atoms with E-state index in [2.05, 4.69) is 4.98 Å². The number of nitrogens with zero attached hydrogens (tertiary/aromatic N) is 2. The first-order chi connectivity index (χ1) is 8.72. The van der Waals surface area contributed by atoms with Crippen LogP contribution in [0.5, 0.6) is 0 Å². The Morgan fingerprint density at radius 3 is 2.68 bits per heavy atom. The van der Waals surface area contributed by atoms with Crippen LogP contribution in [0.3, 0.4) is 0 Å². The van der Waals surface area contributed by atoms with Crippen LogP contribution in [0.1, 0.15) is 18.8 Å². The van der Waals surface area contributed by atoms with Crippen molar-refractivity contribution in [2.75, 3.05) is 6.61 Å². The molecule has 19 heavy (non-hydrogen) atoms. The fourth-order valence-corrected chi connectivity index (χ4v) is 1.98. The summed E-state index contributed by atoms with van der Waals surface area (Å²) in [6, 6.07) is 1.38. The lowest BCUT2D eigenvalue weighted by atomic mass is 9.98. The average molecular weight is 276 g/mol. The highest BCUT2D eigenvalue weighted by atomic mass is 19.3. The van der Waals surface area contributed by atoms with Gasteiger partial charge in [0.25, 0.3) is 0 Å². The summed E-state index contributed by atoms with van der Waals surface area (Å²) in [4.78, 5) is 15.1. The van der Waals surface area contributed by atoms with Crippen LogP contribution >= 0.6 is 0 Å². The van der Waals surface area contributed by atoms with Gasteiger partial charge in [0.15, 0.2) is 6.10 Å². The lowest BCUT2D eigenvalue weighted by Crippen LogP contribution is -2.46. The number of aliphatic hydroxyl groups excluding tert-OH is 2. The van der Waals surface area contributed by atoms with Gasteiger partial charge in [-0.3, -0.25) is 4.57 Å². The highest BCUT2D eigenvalue weighted by molar-refractivity contribution is 5.05. The maximum absolute atomic E-state index is 14.0. The van der Waals surface area contributed by atoms with Gasteiger partial charge in [0.05, 0.1) is 6.61 Å². The quantitative estimate of drug-likeness (QED) is 0.783. The molecule has 6 nitrogen and oxygen atoms in total. The molecule has 0 saturated carbocycles. The Balaban J connectivity index is 2.48. The number of aromatic nitrogens is 2. The van der Waals surface area contributed by atoms with Gasteiger partial charge in [-0.2, -0.15) is 13.8 Å². The normalized spacial score (nSPS) is 33.6. The van der Waals surface area contributed by atoms with E-state index in [9.17, 15) is 18.7 Å². The number of ether oxygens (including phenoxy) is 1. The Morgan fingerprint density at radius 2 is 2.21 bits per heavy atom. The molecule has 0 spiro atoms. The molecule has 0 aliphatic carbocycles. The number of alkyl halides is 2. The minimum absolute atomic E-state index is 0.382. The summed E-state index contributed by atoms with van der Waals surface area (Å²) in [7, 11) is 0. The van der Waals surface area contributed by atoms with E-state index in [4.69, 9.17) is 9.84 Å². The van der Waals surface area contributed by atoms with Crippen molar-refractivity contribution in [3.63, 3.8) is 0 Å². The highest BCUT2D eigenvalue weighted by Gasteiger charge is 2.64. The van der Waals surface area contributed by atoms with Crippen molar-refractivity contribution >= 4 is 0 Å². The fraction of sp³-hybridized carbons (Fsp3) is 0.636. The molecule has 106 valence electrons. The van der Waals surface area contributed by atoms with Gasteiger partial charge in [-0.25, -0.2) is 4.79 Å². The van der Waals surface area contributed by atoms with Crippen LogP contribution in [0.4, 0.5) is 8.78 Å². The molecule has 1 fully saturated rings. The Labute approximate surface area is 107 Å². The topological polar surface area (TPSA) is 84.6 Å². The predicted molar refractivity (Wildman–Crippen MR) is 59.8 cm³/mol. The predicted octanol–water partition coefficient (Wildman–Crippen LogP) is -0.172. The van der Waals surface area contributed by atoms with Crippen LogP contribution in [-0.4, -0.2) is 44.0 Å². The van der Waals surface area contributed by atoms with Crippen LogP contribution < -0.4 is 5.69 Å². The zero-order chi connectivity index (χ0) is 14.4. The smallest absolute Gasteiger partial charge is 0.350 e. The van der Waals surface area contributed by atoms with Crippen molar-refractivity contribution < 1.29 is 23.7 Å². The largest absolute Gasteiger partial charge is 0.393 e. The van der Waals surface area contributed by atoms with Crippen molar-refractivity contribution in [1.82, 2.24) is 9.55 Å². The summed E-state index contributed by atoms with van der Waals surface area (Å²) in [6.45, 7) is 1.90. The molecule has 1 aromatic heterocycles. The zero-order valence-electron chi connectivity index (χ0n) is 10.4. The number of aryl methyl sites for hydroxylation is 1. The monoisotopic (exact) mass is 276 g/mol. The SMILES string of the molecule is Cc1ccn([C@@H]2O[C@](C)(CO)[C@@H](O)C2(F)F)c(=O)n1. The second-order valence-corrected chi connectivity index (χ2v) is 4.78. The van der Waals surface area contributed by atoms with Crippen molar-refractivity contribution in [1.29, 1.82) is 0 Å².